The maximum absolute atomic E-state index is 5.78. The van der Waals surface area contributed by atoms with Gasteiger partial charge >= 0.3 is 0 Å². The molecule has 0 atom stereocenters. The van der Waals surface area contributed by atoms with Crippen molar-refractivity contribution in [2.75, 3.05) is 6.61 Å². The lowest BCUT2D eigenvalue weighted by atomic mass is 10.2. The van der Waals surface area contributed by atoms with E-state index in [4.69, 9.17) is 9.47 Å². The number of halogens is 1. The number of rotatable bonds is 6. The molecule has 0 bridgehead atoms. The van der Waals surface area contributed by atoms with Crippen LogP contribution in [0.2, 0.25) is 0 Å². The zero-order valence-corrected chi connectivity index (χ0v) is 13.6. The summed E-state index contributed by atoms with van der Waals surface area (Å²) in [6.45, 7) is 6.53. The average Bonchev–Trinajstić information content (AvgIpc) is 2.42. The molecule has 0 amide bonds. The van der Waals surface area contributed by atoms with Crippen molar-refractivity contribution in [3.63, 3.8) is 0 Å². The van der Waals surface area contributed by atoms with E-state index in [9.17, 15) is 0 Å². The van der Waals surface area contributed by atoms with Gasteiger partial charge in [0.15, 0.2) is 0 Å². The van der Waals surface area contributed by atoms with Crippen molar-refractivity contribution in [3.05, 3.63) is 64.3 Å². The molecule has 20 heavy (non-hydrogen) atoms. The molecule has 0 aliphatic carbocycles. The lowest BCUT2D eigenvalue weighted by Gasteiger charge is -2.10. The van der Waals surface area contributed by atoms with Gasteiger partial charge in [-0.05, 0) is 59.8 Å². The highest BCUT2D eigenvalue weighted by Crippen LogP contribution is 2.28. The molecule has 0 saturated heterocycles. The van der Waals surface area contributed by atoms with E-state index in [1.54, 1.807) is 0 Å². The molecule has 0 spiro atoms. The van der Waals surface area contributed by atoms with Gasteiger partial charge in [-0.2, -0.15) is 0 Å². The zero-order chi connectivity index (χ0) is 14.4. The second-order valence-corrected chi connectivity index (χ2v) is 5.73. The molecule has 2 nitrogen and oxygen atoms in total. The van der Waals surface area contributed by atoms with E-state index < -0.39 is 0 Å². The molecule has 2 rings (SSSR count). The van der Waals surface area contributed by atoms with Crippen LogP contribution >= 0.6 is 22.6 Å². The number of hydrogen-bond acceptors (Lipinski definition) is 2. The Morgan fingerprint density at radius 3 is 2.50 bits per heavy atom. The molecule has 0 N–H and O–H groups in total. The highest BCUT2D eigenvalue weighted by atomic mass is 127. The smallest absolute Gasteiger partial charge is 0.132 e. The summed E-state index contributed by atoms with van der Waals surface area (Å²) in [6.07, 6.45) is 0.873. The van der Waals surface area contributed by atoms with Crippen LogP contribution in [0.15, 0.2) is 60.7 Å². The molecule has 0 fully saturated rings. The third kappa shape index (κ3) is 4.56. The zero-order valence-electron chi connectivity index (χ0n) is 11.4. The predicted octanol–water partition coefficient (Wildman–Crippen LogP) is 5.43. The molecule has 3 heteroatoms. The molecule has 0 aromatic heterocycles. The van der Waals surface area contributed by atoms with Crippen LogP contribution < -0.4 is 9.47 Å². The topological polar surface area (TPSA) is 18.5 Å². The van der Waals surface area contributed by atoms with Gasteiger partial charge in [0.2, 0.25) is 0 Å². The monoisotopic (exact) mass is 380 g/mol. The van der Waals surface area contributed by atoms with E-state index in [-0.39, 0.29) is 0 Å². The van der Waals surface area contributed by atoms with Crippen molar-refractivity contribution in [2.45, 2.75) is 13.3 Å². The van der Waals surface area contributed by atoms with Crippen molar-refractivity contribution in [1.29, 1.82) is 0 Å². The summed E-state index contributed by atoms with van der Waals surface area (Å²) in [5.41, 5.74) is 1.13. The Morgan fingerprint density at radius 2 is 1.85 bits per heavy atom. The van der Waals surface area contributed by atoms with Gasteiger partial charge in [-0.15, -0.1) is 6.58 Å². The average molecular weight is 380 g/mol. The molecule has 0 aliphatic rings. The molecule has 104 valence electrons. The Balaban J connectivity index is 2.00. The van der Waals surface area contributed by atoms with Gasteiger partial charge < -0.3 is 9.47 Å². The van der Waals surface area contributed by atoms with Gasteiger partial charge in [0, 0.05) is 6.42 Å². The quantitative estimate of drug-likeness (QED) is 0.492. The number of benzene rings is 2. The second-order valence-electron chi connectivity index (χ2n) is 4.56. The minimum atomic E-state index is 0.657. The first-order valence-electron chi connectivity index (χ1n) is 6.45. The first-order chi connectivity index (χ1) is 9.65. The minimum absolute atomic E-state index is 0.657. The van der Waals surface area contributed by atoms with E-state index >= 15 is 0 Å². The fourth-order valence-corrected chi connectivity index (χ4v) is 2.26. The van der Waals surface area contributed by atoms with Crippen LogP contribution in [0.5, 0.6) is 17.2 Å². The van der Waals surface area contributed by atoms with Crippen LogP contribution in [-0.2, 0) is 0 Å². The Bertz CT molecular complexity index is 579. The summed E-state index contributed by atoms with van der Waals surface area (Å²) < 4.78 is 12.6. The summed E-state index contributed by atoms with van der Waals surface area (Å²) in [5, 5.41) is 0. The van der Waals surface area contributed by atoms with Gasteiger partial charge in [-0.25, -0.2) is 0 Å². The molecule has 0 aliphatic heterocycles. The van der Waals surface area contributed by atoms with Gasteiger partial charge in [-0.1, -0.05) is 23.8 Å². The van der Waals surface area contributed by atoms with Crippen molar-refractivity contribution in [2.24, 2.45) is 0 Å². The predicted molar refractivity (Wildman–Crippen MR) is 90.6 cm³/mol. The summed E-state index contributed by atoms with van der Waals surface area (Å²) >= 11 is 2.26. The highest BCUT2D eigenvalue weighted by Gasteiger charge is 2.04. The van der Waals surface area contributed by atoms with Crippen LogP contribution in [0.1, 0.15) is 13.3 Å². The van der Waals surface area contributed by atoms with Gasteiger partial charge in [0.05, 0.1) is 10.2 Å². The van der Waals surface area contributed by atoms with E-state index in [2.05, 4.69) is 29.2 Å². The number of hydrogen-bond donors (Lipinski definition) is 0. The van der Waals surface area contributed by atoms with Gasteiger partial charge in [-0.3, -0.25) is 0 Å². The fourth-order valence-electron chi connectivity index (χ4n) is 1.62. The van der Waals surface area contributed by atoms with Crippen LogP contribution in [0.4, 0.5) is 0 Å². The lowest BCUT2D eigenvalue weighted by molar-refractivity contribution is 0.319. The van der Waals surface area contributed by atoms with Crippen LogP contribution in [0, 0.1) is 3.57 Å². The highest BCUT2D eigenvalue weighted by molar-refractivity contribution is 14.1. The Labute approximate surface area is 133 Å². The van der Waals surface area contributed by atoms with Crippen LogP contribution in [-0.4, -0.2) is 6.61 Å². The maximum Gasteiger partial charge on any atom is 0.132 e. The molecule has 0 radical (unpaired) electrons. The third-order valence-corrected chi connectivity index (χ3v) is 3.51. The number of ether oxygens (including phenoxy) is 2. The first-order valence-corrected chi connectivity index (χ1v) is 7.52. The van der Waals surface area contributed by atoms with Crippen molar-refractivity contribution in [1.82, 2.24) is 0 Å². The van der Waals surface area contributed by atoms with Crippen molar-refractivity contribution in [3.8, 4) is 17.2 Å². The number of para-hydroxylation sites is 1. The molecular formula is C17H17IO2. The molecular weight excluding hydrogens is 363 g/mol. The Hall–Kier alpha value is -1.49. The molecule has 2 aromatic carbocycles. The maximum atomic E-state index is 5.78. The van der Waals surface area contributed by atoms with E-state index in [0.717, 1.165) is 32.8 Å². The second kappa shape index (κ2) is 7.33. The molecule has 0 heterocycles. The summed E-state index contributed by atoms with van der Waals surface area (Å²) in [5.74, 6) is 2.53. The normalized spacial score (nSPS) is 10.1. The fraction of sp³-hybridized carbons (Fsp3) is 0.176. The van der Waals surface area contributed by atoms with Crippen molar-refractivity contribution >= 4 is 22.6 Å². The SMILES string of the molecule is C=C(C)CCOc1ccc(Oc2ccccc2)cc1I. The standard InChI is InChI=1S/C17H17IO2/c1-13(2)10-11-19-17-9-8-15(12-16(17)18)20-14-6-4-3-5-7-14/h3-9,12H,1,10-11H2,2H3. The van der Waals surface area contributed by atoms with Crippen molar-refractivity contribution < 1.29 is 9.47 Å². The first kappa shape index (κ1) is 14.9. The van der Waals surface area contributed by atoms with Gasteiger partial charge in [0.1, 0.15) is 17.2 Å². The lowest BCUT2D eigenvalue weighted by Crippen LogP contribution is -1.99. The Kier molecular flexibility index (Phi) is 5.47. The van der Waals surface area contributed by atoms with E-state index in [1.165, 1.54) is 0 Å². The largest absolute Gasteiger partial charge is 0.492 e. The van der Waals surface area contributed by atoms with Crippen LogP contribution in [0.3, 0.4) is 0 Å². The summed E-state index contributed by atoms with van der Waals surface area (Å²) in [6, 6.07) is 15.6. The molecule has 2 aromatic rings. The summed E-state index contributed by atoms with van der Waals surface area (Å²) in [7, 11) is 0. The van der Waals surface area contributed by atoms with Gasteiger partial charge in [0.25, 0.3) is 0 Å². The third-order valence-electron chi connectivity index (χ3n) is 2.67. The van der Waals surface area contributed by atoms with Crippen LogP contribution in [0.25, 0.3) is 0 Å². The van der Waals surface area contributed by atoms with E-state index in [0.29, 0.717) is 6.61 Å². The minimum Gasteiger partial charge on any atom is -0.492 e. The summed E-state index contributed by atoms with van der Waals surface area (Å²) in [4.78, 5) is 0. The molecule has 0 unspecified atom stereocenters. The molecule has 0 saturated carbocycles. The van der Waals surface area contributed by atoms with E-state index in [1.807, 2.05) is 55.5 Å². The Morgan fingerprint density at radius 1 is 1.10 bits per heavy atom.